The molecule has 124 valence electrons. The lowest BCUT2D eigenvalue weighted by Gasteiger charge is -2.25. The molecular formula is C22H25NO. The van der Waals surface area contributed by atoms with E-state index in [1.54, 1.807) is 0 Å². The van der Waals surface area contributed by atoms with Crippen LogP contribution in [0.2, 0.25) is 0 Å². The van der Waals surface area contributed by atoms with Gasteiger partial charge in [0.1, 0.15) is 5.75 Å². The highest BCUT2D eigenvalue weighted by Crippen LogP contribution is 2.34. The summed E-state index contributed by atoms with van der Waals surface area (Å²) in [6.45, 7) is 7.05. The van der Waals surface area contributed by atoms with Crippen LogP contribution in [0.5, 0.6) is 5.75 Å². The van der Waals surface area contributed by atoms with Crippen molar-refractivity contribution < 1.29 is 5.11 Å². The first kappa shape index (κ1) is 16.4. The number of nitrogens with zero attached hydrogens (tertiary/aromatic N) is 1. The van der Waals surface area contributed by atoms with Crippen LogP contribution in [0.1, 0.15) is 31.9 Å². The lowest BCUT2D eigenvalue weighted by Crippen LogP contribution is -2.18. The second-order valence-electron chi connectivity index (χ2n) is 7.42. The molecule has 0 heterocycles. The summed E-state index contributed by atoms with van der Waals surface area (Å²) in [7, 11) is 2.07. The van der Waals surface area contributed by atoms with Crippen LogP contribution < -0.4 is 4.90 Å². The summed E-state index contributed by atoms with van der Waals surface area (Å²) < 4.78 is 0. The van der Waals surface area contributed by atoms with Crippen LogP contribution in [0.15, 0.2) is 60.7 Å². The van der Waals surface area contributed by atoms with E-state index in [9.17, 15) is 5.11 Å². The predicted octanol–water partition coefficient (Wildman–Crippen LogP) is 5.48. The highest BCUT2D eigenvalue weighted by molar-refractivity contribution is 5.94. The molecule has 3 rings (SSSR count). The lowest BCUT2D eigenvalue weighted by molar-refractivity contribution is 0.440. The molecule has 0 amide bonds. The van der Waals surface area contributed by atoms with Gasteiger partial charge in [0.2, 0.25) is 0 Å². The molecule has 0 spiro atoms. The number of fused-ring (bicyclic) bond motifs is 1. The molecule has 0 aliphatic carbocycles. The zero-order valence-corrected chi connectivity index (χ0v) is 14.9. The molecule has 0 radical (unpaired) electrons. The second-order valence-corrected chi connectivity index (χ2v) is 7.42. The van der Waals surface area contributed by atoms with Gasteiger partial charge >= 0.3 is 0 Å². The third kappa shape index (κ3) is 3.09. The smallest absolute Gasteiger partial charge is 0.124 e. The standard InChI is InChI=1S/C22H25NO/c1-22(2,3)19-13-7-11-17(21(19)24)15-23(4)20-14-8-10-16-9-5-6-12-18(16)20/h5-14,24H,15H2,1-4H3. The SMILES string of the molecule is CN(Cc1cccc(C(C)(C)C)c1O)c1cccc2ccccc12. The van der Waals surface area contributed by atoms with Gasteiger partial charge in [-0.1, -0.05) is 75.4 Å². The van der Waals surface area contributed by atoms with E-state index in [1.165, 1.54) is 16.5 Å². The van der Waals surface area contributed by atoms with Crippen molar-refractivity contribution in [2.75, 3.05) is 11.9 Å². The van der Waals surface area contributed by atoms with E-state index in [0.717, 1.165) is 11.1 Å². The summed E-state index contributed by atoms with van der Waals surface area (Å²) in [5.74, 6) is 0.414. The zero-order valence-electron chi connectivity index (χ0n) is 14.9. The van der Waals surface area contributed by atoms with Crippen LogP contribution in [0.4, 0.5) is 5.69 Å². The highest BCUT2D eigenvalue weighted by Gasteiger charge is 2.20. The van der Waals surface area contributed by atoms with Gasteiger partial charge in [0.05, 0.1) is 0 Å². The summed E-state index contributed by atoms with van der Waals surface area (Å²) in [5.41, 5.74) is 3.05. The molecule has 2 nitrogen and oxygen atoms in total. The quantitative estimate of drug-likeness (QED) is 0.691. The first-order valence-corrected chi connectivity index (χ1v) is 8.38. The number of phenols is 1. The summed E-state index contributed by atoms with van der Waals surface area (Å²) in [6.07, 6.45) is 0. The van der Waals surface area contributed by atoms with Crippen LogP contribution in [-0.4, -0.2) is 12.2 Å². The topological polar surface area (TPSA) is 23.5 Å². The number of aromatic hydroxyl groups is 1. The first-order chi connectivity index (χ1) is 11.4. The van der Waals surface area contributed by atoms with Gasteiger partial charge in [0, 0.05) is 30.2 Å². The van der Waals surface area contributed by atoms with Crippen molar-refractivity contribution in [3.05, 3.63) is 71.8 Å². The Hall–Kier alpha value is -2.48. The minimum absolute atomic E-state index is 0.0713. The number of para-hydroxylation sites is 1. The van der Waals surface area contributed by atoms with Crippen LogP contribution in [0, 0.1) is 0 Å². The van der Waals surface area contributed by atoms with Crippen molar-refractivity contribution in [3.8, 4) is 5.75 Å². The Labute approximate surface area is 144 Å². The zero-order chi connectivity index (χ0) is 17.3. The van der Waals surface area contributed by atoms with Crippen LogP contribution in [0.3, 0.4) is 0 Å². The minimum Gasteiger partial charge on any atom is -0.507 e. The summed E-state index contributed by atoms with van der Waals surface area (Å²) in [6, 6.07) is 20.8. The van der Waals surface area contributed by atoms with Crippen molar-refractivity contribution in [1.29, 1.82) is 0 Å². The van der Waals surface area contributed by atoms with Crippen molar-refractivity contribution in [3.63, 3.8) is 0 Å². The molecule has 0 saturated heterocycles. The lowest BCUT2D eigenvalue weighted by atomic mass is 9.85. The van der Waals surface area contributed by atoms with Gasteiger partial charge in [-0.05, 0) is 22.4 Å². The van der Waals surface area contributed by atoms with E-state index in [4.69, 9.17) is 0 Å². The average molecular weight is 319 g/mol. The first-order valence-electron chi connectivity index (χ1n) is 8.38. The minimum atomic E-state index is -0.0713. The van der Waals surface area contributed by atoms with E-state index in [0.29, 0.717) is 12.3 Å². The Kier molecular flexibility index (Phi) is 4.23. The number of hydrogen-bond acceptors (Lipinski definition) is 2. The Morgan fingerprint density at radius 2 is 1.54 bits per heavy atom. The molecule has 0 aliphatic heterocycles. The fourth-order valence-corrected chi connectivity index (χ4v) is 3.21. The summed E-state index contributed by atoms with van der Waals surface area (Å²) in [5, 5.41) is 13.2. The Bertz CT molecular complexity index is 856. The maximum atomic E-state index is 10.7. The van der Waals surface area contributed by atoms with Crippen molar-refractivity contribution >= 4 is 16.5 Å². The Morgan fingerprint density at radius 3 is 2.29 bits per heavy atom. The third-order valence-corrected chi connectivity index (χ3v) is 4.51. The van der Waals surface area contributed by atoms with E-state index in [1.807, 2.05) is 18.2 Å². The molecular weight excluding hydrogens is 294 g/mol. The van der Waals surface area contributed by atoms with Gasteiger partial charge in [-0.2, -0.15) is 0 Å². The molecule has 3 aromatic carbocycles. The number of phenolic OH excluding ortho intramolecular Hbond substituents is 1. The molecule has 0 fully saturated rings. The van der Waals surface area contributed by atoms with E-state index < -0.39 is 0 Å². The van der Waals surface area contributed by atoms with E-state index >= 15 is 0 Å². The molecule has 0 aromatic heterocycles. The molecule has 1 N–H and O–H groups in total. The Morgan fingerprint density at radius 1 is 0.875 bits per heavy atom. The predicted molar refractivity (Wildman–Crippen MR) is 103 cm³/mol. The number of hydrogen-bond donors (Lipinski definition) is 1. The fraction of sp³-hybridized carbons (Fsp3) is 0.273. The highest BCUT2D eigenvalue weighted by atomic mass is 16.3. The van der Waals surface area contributed by atoms with Gasteiger partial charge in [-0.3, -0.25) is 0 Å². The molecule has 0 unspecified atom stereocenters. The van der Waals surface area contributed by atoms with E-state index in [-0.39, 0.29) is 5.41 Å². The molecule has 2 heteroatoms. The van der Waals surface area contributed by atoms with Crippen molar-refractivity contribution in [1.82, 2.24) is 0 Å². The number of anilines is 1. The van der Waals surface area contributed by atoms with E-state index in [2.05, 4.69) is 75.2 Å². The van der Waals surface area contributed by atoms with Gasteiger partial charge in [-0.15, -0.1) is 0 Å². The van der Waals surface area contributed by atoms with Gasteiger partial charge in [0.15, 0.2) is 0 Å². The monoisotopic (exact) mass is 319 g/mol. The Balaban J connectivity index is 1.97. The molecule has 0 bridgehead atoms. The van der Waals surface area contributed by atoms with Crippen LogP contribution >= 0.6 is 0 Å². The molecule has 3 aromatic rings. The molecule has 0 aliphatic rings. The average Bonchev–Trinajstić information content (AvgIpc) is 2.55. The van der Waals surface area contributed by atoms with Gasteiger partial charge in [0.25, 0.3) is 0 Å². The summed E-state index contributed by atoms with van der Waals surface area (Å²) >= 11 is 0. The fourth-order valence-electron chi connectivity index (χ4n) is 3.21. The normalized spacial score (nSPS) is 11.7. The molecule has 0 saturated carbocycles. The largest absolute Gasteiger partial charge is 0.507 e. The summed E-state index contributed by atoms with van der Waals surface area (Å²) in [4.78, 5) is 2.20. The maximum Gasteiger partial charge on any atom is 0.124 e. The van der Waals surface area contributed by atoms with Crippen molar-refractivity contribution in [2.24, 2.45) is 0 Å². The molecule has 0 atom stereocenters. The van der Waals surface area contributed by atoms with Gasteiger partial charge in [-0.25, -0.2) is 0 Å². The molecule has 24 heavy (non-hydrogen) atoms. The third-order valence-electron chi connectivity index (χ3n) is 4.51. The van der Waals surface area contributed by atoms with Crippen LogP contribution in [-0.2, 0) is 12.0 Å². The van der Waals surface area contributed by atoms with Gasteiger partial charge < -0.3 is 10.0 Å². The second kappa shape index (κ2) is 6.20. The van der Waals surface area contributed by atoms with Crippen molar-refractivity contribution in [2.45, 2.75) is 32.7 Å². The number of rotatable bonds is 3. The maximum absolute atomic E-state index is 10.7. The number of benzene rings is 3. The van der Waals surface area contributed by atoms with Crippen LogP contribution in [0.25, 0.3) is 10.8 Å².